The van der Waals surface area contributed by atoms with Gasteiger partial charge >= 0.3 is 0 Å². The van der Waals surface area contributed by atoms with Crippen LogP contribution in [0.25, 0.3) is 0 Å². The number of benzene rings is 1. The van der Waals surface area contributed by atoms with Gasteiger partial charge in [0, 0.05) is 32.0 Å². The van der Waals surface area contributed by atoms with E-state index >= 15 is 0 Å². The summed E-state index contributed by atoms with van der Waals surface area (Å²) < 4.78 is 11.0. The topological polar surface area (TPSA) is 86.0 Å². The fourth-order valence-corrected chi connectivity index (χ4v) is 3.42. The highest BCUT2D eigenvalue weighted by atomic mass is 16.6. The van der Waals surface area contributed by atoms with Gasteiger partial charge in [-0.3, -0.25) is 4.79 Å². The van der Waals surface area contributed by atoms with Gasteiger partial charge in [0.25, 0.3) is 0 Å². The first-order chi connectivity index (χ1) is 13.1. The normalized spacial score (nSPS) is 20.3. The number of hydroxylamine groups is 2. The molecule has 1 fully saturated rings. The fraction of sp³-hybridized carbons (Fsp3) is 0.619. The Morgan fingerprint density at radius 3 is 2.68 bits per heavy atom. The van der Waals surface area contributed by atoms with E-state index in [1.54, 1.807) is 13.1 Å². The highest BCUT2D eigenvalue weighted by Gasteiger charge is 2.39. The second-order valence-corrected chi connectivity index (χ2v) is 8.14. The number of nitrogens with zero attached hydrogens (tertiary/aromatic N) is 3. The molecule has 7 nitrogen and oxygen atoms in total. The molecule has 1 atom stereocenters. The summed E-state index contributed by atoms with van der Waals surface area (Å²) in [4.78, 5) is 14.0. The monoisotopic (exact) mass is 389 g/mol. The molecule has 2 aliphatic rings. The molecule has 0 aliphatic carbocycles. The Kier molecular flexibility index (Phi) is 7.41. The van der Waals surface area contributed by atoms with Crippen molar-refractivity contribution in [3.05, 3.63) is 29.3 Å². The van der Waals surface area contributed by atoms with E-state index in [1.165, 1.54) is 0 Å². The van der Waals surface area contributed by atoms with Crippen LogP contribution >= 0.6 is 0 Å². The van der Waals surface area contributed by atoms with E-state index in [4.69, 9.17) is 19.9 Å². The molecule has 1 N–H and O–H groups in total. The van der Waals surface area contributed by atoms with Gasteiger partial charge in [-0.25, -0.2) is 0 Å². The SMILES string of the molecule is CC(C)OCN(C)O.CC1(C)CC(N2CCCC2=O)c2cc(C#N)ccc2O1. The van der Waals surface area contributed by atoms with E-state index in [2.05, 4.69) is 6.07 Å². The zero-order chi connectivity index (χ0) is 20.9. The molecule has 0 saturated carbocycles. The highest BCUT2D eigenvalue weighted by molar-refractivity contribution is 5.78. The summed E-state index contributed by atoms with van der Waals surface area (Å²) in [6.07, 6.45) is 2.50. The van der Waals surface area contributed by atoms with E-state index in [1.807, 2.05) is 44.7 Å². The molecular formula is C21H31N3O4. The molecule has 1 unspecified atom stereocenters. The van der Waals surface area contributed by atoms with E-state index in [9.17, 15) is 4.79 Å². The molecular weight excluding hydrogens is 358 g/mol. The van der Waals surface area contributed by atoms with Gasteiger partial charge in [0.15, 0.2) is 0 Å². The van der Waals surface area contributed by atoms with Crippen LogP contribution < -0.4 is 4.74 Å². The minimum Gasteiger partial charge on any atom is -0.487 e. The average molecular weight is 389 g/mol. The lowest BCUT2D eigenvalue weighted by Crippen LogP contribution is -2.42. The van der Waals surface area contributed by atoms with Gasteiger partial charge in [-0.1, -0.05) is 0 Å². The van der Waals surface area contributed by atoms with Gasteiger partial charge in [0.1, 0.15) is 18.1 Å². The van der Waals surface area contributed by atoms with Crippen molar-refractivity contribution in [2.24, 2.45) is 0 Å². The summed E-state index contributed by atoms with van der Waals surface area (Å²) in [7, 11) is 1.54. The number of carbonyl (C=O) groups excluding carboxylic acids is 1. The Morgan fingerprint density at radius 1 is 1.46 bits per heavy atom. The summed E-state index contributed by atoms with van der Waals surface area (Å²) in [6, 6.07) is 7.66. The molecule has 0 radical (unpaired) electrons. The number of fused-ring (bicyclic) bond motifs is 1. The maximum atomic E-state index is 12.1. The molecule has 1 aromatic carbocycles. The van der Waals surface area contributed by atoms with E-state index < -0.39 is 0 Å². The molecule has 154 valence electrons. The smallest absolute Gasteiger partial charge is 0.223 e. The molecule has 1 aromatic rings. The highest BCUT2D eigenvalue weighted by Crippen LogP contribution is 2.44. The van der Waals surface area contributed by atoms with Crippen LogP contribution in [0, 0.1) is 11.3 Å². The first-order valence-electron chi connectivity index (χ1n) is 9.67. The molecule has 2 heterocycles. The Labute approximate surface area is 167 Å². The second-order valence-electron chi connectivity index (χ2n) is 8.14. The minimum atomic E-state index is -0.297. The van der Waals surface area contributed by atoms with Crippen LogP contribution in [0.15, 0.2) is 18.2 Å². The summed E-state index contributed by atoms with van der Waals surface area (Å²) in [5.74, 6) is 1.01. The van der Waals surface area contributed by atoms with E-state index in [0.717, 1.165) is 35.8 Å². The standard InChI is InChI=1S/C16H18N2O2.C5H13NO2/c1-16(2)9-13(18-7-3-4-15(18)19)12-8-11(10-17)5-6-14(12)20-16;1-5(2)8-4-6(3)7/h5-6,8,13H,3-4,7,9H2,1-2H3;5,7H,4H2,1-3H3. The van der Waals surface area contributed by atoms with Crippen molar-refractivity contribution >= 4 is 5.91 Å². The molecule has 1 saturated heterocycles. The van der Waals surface area contributed by atoms with Gasteiger partial charge in [0.2, 0.25) is 5.91 Å². The van der Waals surface area contributed by atoms with Crippen LogP contribution in [0.1, 0.15) is 64.1 Å². The van der Waals surface area contributed by atoms with Crippen LogP contribution in [0.3, 0.4) is 0 Å². The van der Waals surface area contributed by atoms with Crippen LogP contribution in [-0.4, -0.2) is 53.1 Å². The lowest BCUT2D eigenvalue weighted by Gasteiger charge is -2.41. The van der Waals surface area contributed by atoms with Gasteiger partial charge in [-0.15, -0.1) is 0 Å². The lowest BCUT2D eigenvalue weighted by molar-refractivity contribution is -0.152. The zero-order valence-electron chi connectivity index (χ0n) is 17.4. The number of carbonyl (C=O) groups is 1. The third-order valence-corrected chi connectivity index (χ3v) is 4.65. The first-order valence-corrected chi connectivity index (χ1v) is 9.67. The molecule has 0 bridgehead atoms. The summed E-state index contributed by atoms with van der Waals surface area (Å²) in [5.41, 5.74) is 1.29. The quantitative estimate of drug-likeness (QED) is 0.627. The largest absolute Gasteiger partial charge is 0.487 e. The second kappa shape index (κ2) is 9.37. The van der Waals surface area contributed by atoms with Gasteiger partial charge in [-0.05, 0) is 52.3 Å². The molecule has 7 heteroatoms. The number of ether oxygens (including phenoxy) is 2. The van der Waals surface area contributed by atoms with E-state index in [0.29, 0.717) is 12.0 Å². The van der Waals surface area contributed by atoms with Crippen LogP contribution in [0.2, 0.25) is 0 Å². The molecule has 2 aliphatic heterocycles. The van der Waals surface area contributed by atoms with Crippen molar-refractivity contribution in [2.75, 3.05) is 20.3 Å². The number of nitriles is 1. The third kappa shape index (κ3) is 5.93. The van der Waals surface area contributed by atoms with Crippen LogP contribution in [-0.2, 0) is 9.53 Å². The summed E-state index contributed by atoms with van der Waals surface area (Å²) in [5, 5.41) is 18.6. The Morgan fingerprint density at radius 2 is 2.18 bits per heavy atom. The van der Waals surface area contributed by atoms with Crippen LogP contribution in [0.4, 0.5) is 0 Å². The predicted molar refractivity (Wildman–Crippen MR) is 105 cm³/mol. The zero-order valence-corrected chi connectivity index (χ0v) is 17.4. The predicted octanol–water partition coefficient (Wildman–Crippen LogP) is 3.47. The maximum absolute atomic E-state index is 12.1. The number of rotatable bonds is 4. The lowest BCUT2D eigenvalue weighted by atomic mass is 9.88. The van der Waals surface area contributed by atoms with Crippen LogP contribution in [0.5, 0.6) is 5.75 Å². The minimum absolute atomic E-state index is 0.0250. The van der Waals surface area contributed by atoms with Gasteiger partial charge < -0.3 is 19.6 Å². The third-order valence-electron chi connectivity index (χ3n) is 4.65. The Hall–Kier alpha value is -2.14. The van der Waals surface area contributed by atoms with Crippen molar-refractivity contribution in [2.45, 2.75) is 64.7 Å². The Balaban J connectivity index is 0.000000300. The summed E-state index contributed by atoms with van der Waals surface area (Å²) >= 11 is 0. The van der Waals surface area contributed by atoms with Crippen molar-refractivity contribution in [1.82, 2.24) is 9.96 Å². The number of hydrogen-bond donors (Lipinski definition) is 1. The number of hydrogen-bond acceptors (Lipinski definition) is 6. The first kappa shape index (κ1) is 22.2. The molecule has 1 amide bonds. The van der Waals surface area contributed by atoms with Crippen molar-refractivity contribution in [1.29, 1.82) is 5.26 Å². The molecule has 3 rings (SSSR count). The number of likely N-dealkylation sites (tertiary alicyclic amines) is 1. The summed E-state index contributed by atoms with van der Waals surface area (Å²) in [6.45, 7) is 9.00. The number of amides is 1. The molecule has 0 aromatic heterocycles. The average Bonchev–Trinajstić information content (AvgIpc) is 3.04. The van der Waals surface area contributed by atoms with Crippen molar-refractivity contribution in [3.8, 4) is 11.8 Å². The Bertz CT molecular complexity index is 717. The fourth-order valence-electron chi connectivity index (χ4n) is 3.42. The molecule has 0 spiro atoms. The van der Waals surface area contributed by atoms with E-state index in [-0.39, 0.29) is 30.4 Å². The van der Waals surface area contributed by atoms with Crippen molar-refractivity contribution in [3.63, 3.8) is 0 Å². The van der Waals surface area contributed by atoms with Crippen molar-refractivity contribution < 1.29 is 19.5 Å². The molecule has 28 heavy (non-hydrogen) atoms. The maximum Gasteiger partial charge on any atom is 0.223 e. The van der Waals surface area contributed by atoms with Gasteiger partial charge in [-0.2, -0.15) is 10.3 Å². The van der Waals surface area contributed by atoms with Gasteiger partial charge in [0.05, 0.1) is 23.8 Å².